The number of methoxy groups -OCH3 is 1. The highest BCUT2D eigenvalue weighted by atomic mass is 79.9. The second-order valence-corrected chi connectivity index (χ2v) is 8.76. The first-order valence-corrected chi connectivity index (χ1v) is 10.1. The fourth-order valence-electron chi connectivity index (χ4n) is 2.53. The van der Waals surface area contributed by atoms with Gasteiger partial charge in [0.05, 0.1) is 22.2 Å². The maximum atomic E-state index is 12.9. The topological polar surface area (TPSA) is 29.5 Å². The van der Waals surface area contributed by atoms with Crippen molar-refractivity contribution in [1.82, 2.24) is 0 Å². The monoisotopic (exact) mass is 497 g/mol. The molecule has 3 nitrogen and oxygen atoms in total. The molecule has 0 unspecified atom stereocenters. The van der Waals surface area contributed by atoms with E-state index in [0.29, 0.717) is 15.0 Å². The van der Waals surface area contributed by atoms with Gasteiger partial charge in [0.1, 0.15) is 5.75 Å². The van der Waals surface area contributed by atoms with Gasteiger partial charge in [0.25, 0.3) is 5.91 Å². The summed E-state index contributed by atoms with van der Waals surface area (Å²) in [5.41, 5.74) is 2.62. The molecule has 128 valence electrons. The Morgan fingerprint density at radius 1 is 1.24 bits per heavy atom. The van der Waals surface area contributed by atoms with E-state index in [4.69, 9.17) is 17.0 Å². The molecule has 1 amide bonds. The molecule has 0 radical (unpaired) electrons. The van der Waals surface area contributed by atoms with Crippen LogP contribution in [0.25, 0.3) is 6.08 Å². The van der Waals surface area contributed by atoms with E-state index in [2.05, 4.69) is 31.9 Å². The third-order valence-electron chi connectivity index (χ3n) is 3.68. The first-order chi connectivity index (χ1) is 11.9. The largest absolute Gasteiger partial charge is 0.495 e. The summed E-state index contributed by atoms with van der Waals surface area (Å²) in [6.45, 7) is 1.96. The van der Waals surface area contributed by atoms with Gasteiger partial charge in [-0.25, -0.2) is 0 Å². The third-order valence-corrected chi connectivity index (χ3v) is 6.03. The molecule has 1 aliphatic rings. The maximum Gasteiger partial charge on any atom is 0.270 e. The van der Waals surface area contributed by atoms with E-state index in [9.17, 15) is 4.79 Å². The number of ether oxygens (including phenoxy) is 1. The molecule has 0 aliphatic carbocycles. The minimum atomic E-state index is -0.123. The van der Waals surface area contributed by atoms with Crippen molar-refractivity contribution in [1.29, 1.82) is 0 Å². The smallest absolute Gasteiger partial charge is 0.270 e. The van der Waals surface area contributed by atoms with Crippen LogP contribution in [0.2, 0.25) is 0 Å². The van der Waals surface area contributed by atoms with Crippen LogP contribution in [0.5, 0.6) is 5.75 Å². The summed E-state index contributed by atoms with van der Waals surface area (Å²) < 4.78 is 7.68. The molecule has 1 saturated heterocycles. The van der Waals surface area contributed by atoms with Gasteiger partial charge in [-0.05, 0) is 52.7 Å². The zero-order valence-electron chi connectivity index (χ0n) is 13.4. The van der Waals surface area contributed by atoms with Gasteiger partial charge in [-0.15, -0.1) is 0 Å². The van der Waals surface area contributed by atoms with Gasteiger partial charge < -0.3 is 4.74 Å². The summed E-state index contributed by atoms with van der Waals surface area (Å²) in [5, 5.41) is 0. The Kier molecular flexibility index (Phi) is 5.68. The average Bonchev–Trinajstić information content (AvgIpc) is 2.82. The van der Waals surface area contributed by atoms with E-state index in [0.717, 1.165) is 25.8 Å². The van der Waals surface area contributed by atoms with Crippen LogP contribution in [0, 0.1) is 6.92 Å². The van der Waals surface area contributed by atoms with Gasteiger partial charge >= 0.3 is 0 Å². The van der Waals surface area contributed by atoms with Crippen LogP contribution in [-0.2, 0) is 4.79 Å². The number of benzene rings is 2. The van der Waals surface area contributed by atoms with Crippen molar-refractivity contribution < 1.29 is 9.53 Å². The Bertz CT molecular complexity index is 912. The van der Waals surface area contributed by atoms with Crippen LogP contribution in [0.15, 0.2) is 50.2 Å². The number of anilines is 1. The average molecular weight is 499 g/mol. The number of carbonyl (C=O) groups excluding carboxylic acids is 1. The quantitative estimate of drug-likeness (QED) is 0.387. The van der Waals surface area contributed by atoms with Crippen LogP contribution in [0.4, 0.5) is 5.69 Å². The summed E-state index contributed by atoms with van der Waals surface area (Å²) >= 11 is 13.7. The Hall–Kier alpha value is -1.15. The van der Waals surface area contributed by atoms with E-state index >= 15 is 0 Å². The SMILES string of the molecule is COc1c(Br)cc(Br)cc1/C=C1/SC(=S)N(c2ccccc2C)C1=O. The van der Waals surface area contributed by atoms with Gasteiger partial charge in [0.15, 0.2) is 4.32 Å². The predicted molar refractivity (Wildman–Crippen MR) is 115 cm³/mol. The molecule has 0 N–H and O–H groups in total. The molecule has 25 heavy (non-hydrogen) atoms. The number of hydrogen-bond acceptors (Lipinski definition) is 4. The normalized spacial score (nSPS) is 16.0. The molecular formula is C18H13Br2NO2S2. The van der Waals surface area contributed by atoms with Gasteiger partial charge in [-0.2, -0.15) is 0 Å². The lowest BCUT2D eigenvalue weighted by Crippen LogP contribution is -2.28. The first-order valence-electron chi connectivity index (χ1n) is 7.29. The first kappa shape index (κ1) is 18.6. The van der Waals surface area contributed by atoms with Gasteiger partial charge in [-0.3, -0.25) is 9.69 Å². The highest BCUT2D eigenvalue weighted by Crippen LogP contribution is 2.40. The molecule has 3 rings (SSSR count). The molecule has 1 heterocycles. The van der Waals surface area contributed by atoms with Crippen molar-refractivity contribution in [2.45, 2.75) is 6.92 Å². The van der Waals surface area contributed by atoms with E-state index < -0.39 is 0 Å². The predicted octanol–water partition coefficient (Wildman–Crippen LogP) is 5.93. The number of rotatable bonds is 3. The third kappa shape index (κ3) is 3.69. The van der Waals surface area contributed by atoms with Crippen molar-refractivity contribution in [3.05, 3.63) is 61.4 Å². The number of hydrogen-bond donors (Lipinski definition) is 0. The molecule has 2 aromatic rings. The lowest BCUT2D eigenvalue weighted by atomic mass is 10.1. The number of halogens is 2. The molecule has 7 heteroatoms. The highest BCUT2D eigenvalue weighted by Gasteiger charge is 2.34. The Balaban J connectivity index is 2.04. The fourth-order valence-corrected chi connectivity index (χ4v) is 5.23. The van der Waals surface area contributed by atoms with Crippen LogP contribution >= 0.6 is 55.8 Å². The highest BCUT2D eigenvalue weighted by molar-refractivity contribution is 9.11. The zero-order valence-corrected chi connectivity index (χ0v) is 18.2. The number of nitrogens with zero attached hydrogens (tertiary/aromatic N) is 1. The van der Waals surface area contributed by atoms with E-state index in [1.807, 2.05) is 49.4 Å². The number of thioether (sulfide) groups is 1. The van der Waals surface area contributed by atoms with Crippen LogP contribution in [0.3, 0.4) is 0 Å². The second kappa shape index (κ2) is 7.61. The van der Waals surface area contributed by atoms with Gasteiger partial charge in [-0.1, -0.05) is 58.1 Å². The molecular weight excluding hydrogens is 486 g/mol. The molecule has 0 atom stereocenters. The number of aryl methyl sites for hydroxylation is 1. The molecule has 0 saturated carbocycles. The van der Waals surface area contributed by atoms with Gasteiger partial charge in [0.2, 0.25) is 0 Å². The Morgan fingerprint density at radius 3 is 2.64 bits per heavy atom. The van der Waals surface area contributed by atoms with E-state index in [1.54, 1.807) is 12.0 Å². The Labute approximate surface area is 172 Å². The number of para-hydroxylation sites is 1. The van der Waals surface area contributed by atoms with E-state index in [-0.39, 0.29) is 5.91 Å². The lowest BCUT2D eigenvalue weighted by molar-refractivity contribution is -0.113. The fraction of sp³-hybridized carbons (Fsp3) is 0.111. The van der Waals surface area contributed by atoms with Crippen LogP contribution in [0.1, 0.15) is 11.1 Å². The summed E-state index contributed by atoms with van der Waals surface area (Å²) in [6, 6.07) is 11.5. The van der Waals surface area contributed by atoms with Crippen molar-refractivity contribution in [2.75, 3.05) is 12.0 Å². The number of thiocarbonyl (C=S) groups is 1. The minimum absolute atomic E-state index is 0.123. The molecule has 0 spiro atoms. The zero-order chi connectivity index (χ0) is 18.1. The summed E-state index contributed by atoms with van der Waals surface area (Å²) in [7, 11) is 1.60. The van der Waals surface area contributed by atoms with Crippen molar-refractivity contribution in [3.8, 4) is 5.75 Å². The summed E-state index contributed by atoms with van der Waals surface area (Å²) in [5.74, 6) is 0.548. The molecule has 1 fully saturated rings. The molecule has 2 aromatic carbocycles. The standard InChI is InChI=1S/C18H13Br2NO2S2/c1-10-5-3-4-6-14(10)21-17(22)15(25-18(21)24)8-11-7-12(19)9-13(20)16(11)23-2/h3-9H,1-2H3/b15-8+. The molecule has 0 bridgehead atoms. The van der Waals surface area contributed by atoms with E-state index in [1.165, 1.54) is 11.8 Å². The van der Waals surface area contributed by atoms with Gasteiger partial charge in [0, 0.05) is 10.0 Å². The summed E-state index contributed by atoms with van der Waals surface area (Å²) in [4.78, 5) is 15.1. The van der Waals surface area contributed by atoms with Crippen LogP contribution in [-0.4, -0.2) is 17.3 Å². The number of amides is 1. The van der Waals surface area contributed by atoms with Crippen molar-refractivity contribution >= 4 is 77.8 Å². The minimum Gasteiger partial charge on any atom is -0.495 e. The maximum absolute atomic E-state index is 12.9. The summed E-state index contributed by atoms with van der Waals surface area (Å²) in [6.07, 6.45) is 1.81. The Morgan fingerprint density at radius 2 is 1.96 bits per heavy atom. The second-order valence-electron chi connectivity index (χ2n) is 5.31. The molecule has 1 aliphatic heterocycles. The number of carbonyl (C=O) groups is 1. The van der Waals surface area contributed by atoms with Crippen molar-refractivity contribution in [2.24, 2.45) is 0 Å². The van der Waals surface area contributed by atoms with Crippen LogP contribution < -0.4 is 9.64 Å². The lowest BCUT2D eigenvalue weighted by Gasteiger charge is -2.16. The molecule has 0 aromatic heterocycles. The van der Waals surface area contributed by atoms with Crippen molar-refractivity contribution in [3.63, 3.8) is 0 Å².